The Bertz CT molecular complexity index is 955. The number of hydrogen-bond donors (Lipinski definition) is 1. The molecular weight excluding hydrogens is 320 g/mol. The van der Waals surface area contributed by atoms with Crippen LogP contribution in [0.15, 0.2) is 70.6 Å². The molecule has 1 N–H and O–H groups in total. The van der Waals surface area contributed by atoms with Crippen molar-refractivity contribution in [2.45, 2.75) is 22.8 Å². The molecule has 5 heteroatoms. The van der Waals surface area contributed by atoms with Crippen LogP contribution in [0.2, 0.25) is 0 Å². The Morgan fingerprint density at radius 1 is 1.04 bits per heavy atom. The molecule has 3 aromatic rings. The van der Waals surface area contributed by atoms with E-state index in [-0.39, 0.29) is 0 Å². The van der Waals surface area contributed by atoms with E-state index in [4.69, 9.17) is 0 Å². The molecule has 0 aliphatic carbocycles. The van der Waals surface area contributed by atoms with Gasteiger partial charge in [0, 0.05) is 23.6 Å². The second kappa shape index (κ2) is 6.07. The maximum Gasteiger partial charge on any atom is 0.208 e. The van der Waals surface area contributed by atoms with Crippen LogP contribution in [0.1, 0.15) is 6.42 Å². The van der Waals surface area contributed by atoms with Crippen molar-refractivity contribution in [1.29, 1.82) is 0 Å². The molecule has 2 aromatic carbocycles. The number of sulfone groups is 1. The van der Waals surface area contributed by atoms with Gasteiger partial charge in [0.25, 0.3) is 0 Å². The molecule has 124 valence electrons. The fourth-order valence-electron chi connectivity index (χ4n) is 3.45. The van der Waals surface area contributed by atoms with E-state index in [0.717, 1.165) is 37.0 Å². The first kappa shape index (κ1) is 15.4. The van der Waals surface area contributed by atoms with Crippen LogP contribution in [-0.2, 0) is 16.4 Å². The molecule has 0 radical (unpaired) electrons. The topological polar surface area (TPSA) is 51.1 Å². The molecule has 1 atom stereocenters. The Balaban J connectivity index is 1.84. The van der Waals surface area contributed by atoms with Crippen molar-refractivity contribution in [3.8, 4) is 0 Å². The molecule has 0 amide bonds. The maximum absolute atomic E-state index is 13.1. The highest BCUT2D eigenvalue weighted by molar-refractivity contribution is 7.91. The molecule has 1 saturated heterocycles. The van der Waals surface area contributed by atoms with Gasteiger partial charge in [0.2, 0.25) is 9.84 Å². The van der Waals surface area contributed by atoms with E-state index in [1.165, 1.54) is 0 Å². The summed E-state index contributed by atoms with van der Waals surface area (Å²) in [5.74, 6) is 0.549. The van der Waals surface area contributed by atoms with E-state index in [0.29, 0.717) is 15.7 Å². The van der Waals surface area contributed by atoms with Crippen LogP contribution < -0.4 is 5.32 Å². The number of hydrogen-bond acceptors (Lipinski definition) is 3. The minimum absolute atomic E-state index is 0.343. The number of aromatic nitrogens is 1. The molecular formula is C19H20N2O2S. The standard InChI is InChI=1S/C19H20N2O2S/c22-24(23,16-6-2-1-3-7-16)19-14-21(13-15-10-11-20-12-15)18-9-5-4-8-17(18)19/h1-9,14-15,20H,10-13H2. The summed E-state index contributed by atoms with van der Waals surface area (Å²) in [6.07, 6.45) is 2.94. The monoisotopic (exact) mass is 340 g/mol. The van der Waals surface area contributed by atoms with Gasteiger partial charge in [-0.25, -0.2) is 8.42 Å². The summed E-state index contributed by atoms with van der Waals surface area (Å²) in [6.45, 7) is 2.88. The highest BCUT2D eigenvalue weighted by Crippen LogP contribution is 2.31. The second-order valence-corrected chi connectivity index (χ2v) is 8.26. The predicted octanol–water partition coefficient (Wildman–Crippen LogP) is 3.08. The number of para-hydroxylation sites is 1. The van der Waals surface area contributed by atoms with Crippen LogP contribution in [0.25, 0.3) is 10.9 Å². The zero-order valence-electron chi connectivity index (χ0n) is 13.4. The molecule has 1 aliphatic rings. The first-order valence-corrected chi connectivity index (χ1v) is 9.73. The van der Waals surface area contributed by atoms with Gasteiger partial charge < -0.3 is 9.88 Å². The quantitative estimate of drug-likeness (QED) is 0.794. The summed E-state index contributed by atoms with van der Waals surface area (Å²) in [6, 6.07) is 16.4. The zero-order valence-corrected chi connectivity index (χ0v) is 14.2. The summed E-state index contributed by atoms with van der Waals surface area (Å²) in [5.41, 5.74) is 0.985. The van der Waals surface area contributed by atoms with Gasteiger partial charge in [-0.1, -0.05) is 36.4 Å². The van der Waals surface area contributed by atoms with Gasteiger partial charge in [0.05, 0.1) is 9.79 Å². The van der Waals surface area contributed by atoms with Crippen LogP contribution in [0, 0.1) is 5.92 Å². The van der Waals surface area contributed by atoms with Gasteiger partial charge in [-0.05, 0) is 43.6 Å². The largest absolute Gasteiger partial charge is 0.346 e. The number of nitrogens with zero attached hydrogens (tertiary/aromatic N) is 1. The normalized spacial score (nSPS) is 18.2. The molecule has 0 spiro atoms. The lowest BCUT2D eigenvalue weighted by atomic mass is 10.1. The van der Waals surface area contributed by atoms with Crippen molar-refractivity contribution < 1.29 is 8.42 Å². The number of nitrogens with one attached hydrogen (secondary N) is 1. The fraction of sp³-hybridized carbons (Fsp3) is 0.263. The van der Waals surface area contributed by atoms with Crippen molar-refractivity contribution in [1.82, 2.24) is 9.88 Å². The van der Waals surface area contributed by atoms with Crippen LogP contribution in [0.5, 0.6) is 0 Å². The SMILES string of the molecule is O=S(=O)(c1ccccc1)c1cn(CC2CCNC2)c2ccccc12. The van der Waals surface area contributed by atoms with Crippen LogP contribution >= 0.6 is 0 Å². The average Bonchev–Trinajstić information content (AvgIpc) is 3.25. The zero-order chi connectivity index (χ0) is 16.6. The van der Waals surface area contributed by atoms with Crippen LogP contribution in [0.4, 0.5) is 0 Å². The minimum atomic E-state index is -3.51. The Hall–Kier alpha value is -2.11. The second-order valence-electron chi connectivity index (χ2n) is 6.34. The van der Waals surface area contributed by atoms with Gasteiger partial charge in [-0.2, -0.15) is 0 Å². The van der Waals surface area contributed by atoms with Crippen molar-refractivity contribution in [3.05, 3.63) is 60.8 Å². The number of rotatable bonds is 4. The molecule has 1 aliphatic heterocycles. The van der Waals surface area contributed by atoms with Crippen LogP contribution in [0.3, 0.4) is 0 Å². The van der Waals surface area contributed by atoms with Crippen molar-refractivity contribution in [2.75, 3.05) is 13.1 Å². The molecule has 4 nitrogen and oxygen atoms in total. The van der Waals surface area contributed by atoms with Crippen molar-refractivity contribution >= 4 is 20.7 Å². The Kier molecular flexibility index (Phi) is 3.90. The summed E-state index contributed by atoms with van der Waals surface area (Å²) in [5, 5.41) is 4.17. The van der Waals surface area contributed by atoms with Crippen LogP contribution in [-0.4, -0.2) is 26.1 Å². The Labute approximate surface area is 142 Å². The highest BCUT2D eigenvalue weighted by atomic mass is 32.2. The third kappa shape index (κ3) is 2.64. The van der Waals surface area contributed by atoms with E-state index < -0.39 is 9.84 Å². The van der Waals surface area contributed by atoms with Gasteiger partial charge in [0.15, 0.2) is 0 Å². The summed E-state index contributed by atoms with van der Waals surface area (Å²) in [7, 11) is -3.51. The van der Waals surface area contributed by atoms with E-state index in [1.54, 1.807) is 24.3 Å². The first-order chi connectivity index (χ1) is 11.7. The lowest BCUT2D eigenvalue weighted by Crippen LogP contribution is -2.14. The van der Waals surface area contributed by atoms with Crippen molar-refractivity contribution in [2.24, 2.45) is 5.92 Å². The molecule has 2 heterocycles. The highest BCUT2D eigenvalue weighted by Gasteiger charge is 2.24. The Morgan fingerprint density at radius 3 is 2.54 bits per heavy atom. The maximum atomic E-state index is 13.1. The molecule has 1 fully saturated rings. The third-order valence-electron chi connectivity index (χ3n) is 4.71. The molecule has 1 unspecified atom stereocenters. The number of benzene rings is 2. The van der Waals surface area contributed by atoms with E-state index in [2.05, 4.69) is 9.88 Å². The summed E-state index contributed by atoms with van der Waals surface area (Å²) < 4.78 is 28.2. The molecule has 0 saturated carbocycles. The number of fused-ring (bicyclic) bond motifs is 1. The van der Waals surface area contributed by atoms with E-state index in [9.17, 15) is 8.42 Å². The van der Waals surface area contributed by atoms with E-state index >= 15 is 0 Å². The smallest absolute Gasteiger partial charge is 0.208 e. The summed E-state index contributed by atoms with van der Waals surface area (Å²) in [4.78, 5) is 0.741. The molecule has 0 bridgehead atoms. The van der Waals surface area contributed by atoms with E-state index in [1.807, 2.05) is 36.5 Å². The van der Waals surface area contributed by atoms with Gasteiger partial charge in [0.1, 0.15) is 0 Å². The molecule has 1 aromatic heterocycles. The first-order valence-electron chi connectivity index (χ1n) is 8.25. The fourth-order valence-corrected chi connectivity index (χ4v) is 4.95. The lowest BCUT2D eigenvalue weighted by molar-refractivity contribution is 0.489. The van der Waals surface area contributed by atoms with Crippen molar-refractivity contribution in [3.63, 3.8) is 0 Å². The van der Waals surface area contributed by atoms with Gasteiger partial charge in [-0.15, -0.1) is 0 Å². The average molecular weight is 340 g/mol. The van der Waals surface area contributed by atoms with Gasteiger partial charge >= 0.3 is 0 Å². The molecule has 4 rings (SSSR count). The predicted molar refractivity (Wildman–Crippen MR) is 94.8 cm³/mol. The lowest BCUT2D eigenvalue weighted by Gasteiger charge is -2.10. The van der Waals surface area contributed by atoms with Gasteiger partial charge in [-0.3, -0.25) is 0 Å². The Morgan fingerprint density at radius 2 is 1.79 bits per heavy atom. The minimum Gasteiger partial charge on any atom is -0.346 e. The summed E-state index contributed by atoms with van der Waals surface area (Å²) >= 11 is 0. The third-order valence-corrected chi connectivity index (χ3v) is 6.51. The molecule has 24 heavy (non-hydrogen) atoms.